The topological polar surface area (TPSA) is 29.1 Å². The second-order valence-corrected chi connectivity index (χ2v) is 4.25. The quantitative estimate of drug-likeness (QED) is 0.758. The summed E-state index contributed by atoms with van der Waals surface area (Å²) < 4.78 is 0. The number of hydrogen-bond acceptors (Lipinski definition) is 1. The molecule has 0 saturated heterocycles. The molecular formula is C12H17NOS. The van der Waals surface area contributed by atoms with E-state index in [1.807, 2.05) is 0 Å². The zero-order valence-electron chi connectivity index (χ0n) is 9.42. The first kappa shape index (κ1) is 12.1. The number of hydrogen-bond donors (Lipinski definition) is 2. The molecule has 82 valence electrons. The first-order chi connectivity index (χ1) is 7.00. The molecular weight excluding hydrogens is 206 g/mol. The number of aryl methyl sites for hydroxylation is 3. The van der Waals surface area contributed by atoms with Crippen molar-refractivity contribution in [3.05, 3.63) is 34.4 Å². The summed E-state index contributed by atoms with van der Waals surface area (Å²) in [4.78, 5) is 10.6. The lowest BCUT2D eigenvalue weighted by atomic mass is 9.99. The van der Waals surface area contributed by atoms with Gasteiger partial charge in [0.05, 0.1) is 0 Å². The van der Waals surface area contributed by atoms with Crippen LogP contribution in [0.2, 0.25) is 0 Å². The Balaban J connectivity index is 2.69. The Morgan fingerprint density at radius 3 is 2.40 bits per heavy atom. The summed E-state index contributed by atoms with van der Waals surface area (Å²) in [7, 11) is 0. The van der Waals surface area contributed by atoms with Gasteiger partial charge in [0.15, 0.2) is 0 Å². The van der Waals surface area contributed by atoms with Crippen LogP contribution in [-0.2, 0) is 6.42 Å². The number of amides is 1. The summed E-state index contributed by atoms with van der Waals surface area (Å²) in [6.07, 6.45) is 0.860. The van der Waals surface area contributed by atoms with Gasteiger partial charge in [0, 0.05) is 6.54 Å². The highest BCUT2D eigenvalue weighted by Gasteiger charge is 2.02. The molecule has 0 aromatic heterocycles. The number of nitrogens with one attached hydrogen (secondary N) is 1. The molecule has 0 aliphatic carbocycles. The van der Waals surface area contributed by atoms with Crippen molar-refractivity contribution >= 4 is 17.9 Å². The van der Waals surface area contributed by atoms with Crippen LogP contribution in [0.25, 0.3) is 0 Å². The molecule has 1 N–H and O–H groups in total. The average molecular weight is 223 g/mol. The number of rotatable bonds is 3. The molecule has 1 amide bonds. The SMILES string of the molecule is Cc1cc(C)c(CCNC(=O)S)cc1C. The van der Waals surface area contributed by atoms with Gasteiger partial charge in [-0.25, -0.2) is 0 Å². The van der Waals surface area contributed by atoms with E-state index in [-0.39, 0.29) is 5.24 Å². The molecule has 0 aliphatic rings. The molecule has 0 heterocycles. The highest BCUT2D eigenvalue weighted by atomic mass is 32.1. The first-order valence-corrected chi connectivity index (χ1v) is 5.49. The number of carbonyl (C=O) groups excluding carboxylic acids is 1. The molecule has 0 fully saturated rings. The van der Waals surface area contributed by atoms with Crippen LogP contribution in [0.5, 0.6) is 0 Å². The van der Waals surface area contributed by atoms with Gasteiger partial charge in [0.1, 0.15) is 0 Å². The molecule has 0 spiro atoms. The summed E-state index contributed by atoms with van der Waals surface area (Å²) in [6.45, 7) is 6.97. The van der Waals surface area contributed by atoms with Crippen LogP contribution in [0, 0.1) is 20.8 Å². The van der Waals surface area contributed by atoms with Gasteiger partial charge in [-0.05, 0) is 49.4 Å². The van der Waals surface area contributed by atoms with Crippen LogP contribution < -0.4 is 5.32 Å². The predicted octanol–water partition coefficient (Wildman–Crippen LogP) is 2.79. The lowest BCUT2D eigenvalue weighted by molar-refractivity contribution is 0.261. The smallest absolute Gasteiger partial charge is 0.275 e. The van der Waals surface area contributed by atoms with Gasteiger partial charge in [-0.3, -0.25) is 4.79 Å². The van der Waals surface area contributed by atoms with Gasteiger partial charge in [-0.15, -0.1) is 0 Å². The number of thiol groups is 1. The molecule has 15 heavy (non-hydrogen) atoms. The predicted molar refractivity (Wildman–Crippen MR) is 66.7 cm³/mol. The third-order valence-corrected chi connectivity index (χ3v) is 2.78. The van der Waals surface area contributed by atoms with Crippen molar-refractivity contribution in [3.8, 4) is 0 Å². The maximum Gasteiger partial charge on any atom is 0.275 e. The van der Waals surface area contributed by atoms with E-state index in [1.54, 1.807) is 0 Å². The summed E-state index contributed by atoms with van der Waals surface area (Å²) >= 11 is 3.66. The van der Waals surface area contributed by atoms with Gasteiger partial charge in [-0.2, -0.15) is 0 Å². The van der Waals surface area contributed by atoms with Crippen LogP contribution in [0.4, 0.5) is 4.79 Å². The Hall–Kier alpha value is -0.960. The third kappa shape index (κ3) is 3.59. The third-order valence-electron chi connectivity index (χ3n) is 2.62. The average Bonchev–Trinajstić information content (AvgIpc) is 2.13. The Bertz CT molecular complexity index is 374. The van der Waals surface area contributed by atoms with Gasteiger partial charge in [-0.1, -0.05) is 24.8 Å². The van der Waals surface area contributed by atoms with Gasteiger partial charge < -0.3 is 5.32 Å². The zero-order valence-corrected chi connectivity index (χ0v) is 10.3. The fourth-order valence-electron chi connectivity index (χ4n) is 1.59. The molecule has 1 aromatic carbocycles. The van der Waals surface area contributed by atoms with Gasteiger partial charge >= 0.3 is 0 Å². The van der Waals surface area contributed by atoms with E-state index in [4.69, 9.17) is 0 Å². The fourth-order valence-corrected chi connectivity index (χ4v) is 1.71. The maximum atomic E-state index is 10.6. The summed E-state index contributed by atoms with van der Waals surface area (Å²) in [6, 6.07) is 4.38. The molecule has 0 radical (unpaired) electrons. The second kappa shape index (κ2) is 5.21. The van der Waals surface area contributed by atoms with Crippen molar-refractivity contribution < 1.29 is 4.79 Å². The lowest BCUT2D eigenvalue weighted by Gasteiger charge is -2.09. The van der Waals surface area contributed by atoms with Crippen LogP contribution in [-0.4, -0.2) is 11.8 Å². The van der Waals surface area contributed by atoms with Gasteiger partial charge in [0.25, 0.3) is 5.24 Å². The highest BCUT2D eigenvalue weighted by Crippen LogP contribution is 2.15. The maximum absolute atomic E-state index is 10.6. The minimum atomic E-state index is -0.267. The van der Waals surface area contributed by atoms with E-state index < -0.39 is 0 Å². The second-order valence-electron chi connectivity index (χ2n) is 3.84. The fraction of sp³-hybridized carbons (Fsp3) is 0.417. The van der Waals surface area contributed by atoms with Crippen molar-refractivity contribution in [1.29, 1.82) is 0 Å². The molecule has 0 unspecified atom stereocenters. The molecule has 0 bridgehead atoms. The van der Waals surface area contributed by atoms with Gasteiger partial charge in [0.2, 0.25) is 0 Å². The number of carbonyl (C=O) groups is 1. The van der Waals surface area contributed by atoms with E-state index in [9.17, 15) is 4.79 Å². The molecule has 3 heteroatoms. The minimum Gasteiger partial charge on any atom is -0.347 e. The van der Waals surface area contributed by atoms with Crippen LogP contribution >= 0.6 is 12.6 Å². The van der Waals surface area contributed by atoms with E-state index in [0.717, 1.165) is 6.42 Å². The Kier molecular flexibility index (Phi) is 4.21. The Morgan fingerprint density at radius 2 is 1.80 bits per heavy atom. The number of benzene rings is 1. The van der Waals surface area contributed by atoms with E-state index in [1.165, 1.54) is 22.3 Å². The molecule has 1 rings (SSSR count). The van der Waals surface area contributed by atoms with Crippen LogP contribution in [0.1, 0.15) is 22.3 Å². The van der Waals surface area contributed by atoms with E-state index in [0.29, 0.717) is 6.54 Å². The summed E-state index contributed by atoms with van der Waals surface area (Å²) in [5.41, 5.74) is 5.19. The lowest BCUT2D eigenvalue weighted by Crippen LogP contribution is -2.19. The highest BCUT2D eigenvalue weighted by molar-refractivity contribution is 7.96. The molecule has 0 aliphatic heterocycles. The Morgan fingerprint density at radius 1 is 1.20 bits per heavy atom. The summed E-state index contributed by atoms with van der Waals surface area (Å²) in [5.74, 6) is 0. The summed E-state index contributed by atoms with van der Waals surface area (Å²) in [5, 5.41) is 2.41. The first-order valence-electron chi connectivity index (χ1n) is 5.04. The van der Waals surface area contributed by atoms with E-state index >= 15 is 0 Å². The monoisotopic (exact) mass is 223 g/mol. The van der Waals surface area contributed by atoms with Crippen molar-refractivity contribution in [2.45, 2.75) is 27.2 Å². The largest absolute Gasteiger partial charge is 0.347 e. The standard InChI is InChI=1S/C12H17NOS/c1-8-6-10(3)11(7-9(8)2)4-5-13-12(14)15/h6-7H,4-5H2,1-3H3,(H2,13,14,15). The molecule has 2 nitrogen and oxygen atoms in total. The van der Waals surface area contributed by atoms with Crippen LogP contribution in [0.15, 0.2) is 12.1 Å². The van der Waals surface area contributed by atoms with E-state index in [2.05, 4.69) is 50.8 Å². The molecule has 0 saturated carbocycles. The molecule has 1 aromatic rings. The van der Waals surface area contributed by atoms with Crippen molar-refractivity contribution in [2.24, 2.45) is 0 Å². The Labute approximate surface area is 96.5 Å². The van der Waals surface area contributed by atoms with Crippen molar-refractivity contribution in [3.63, 3.8) is 0 Å². The van der Waals surface area contributed by atoms with Crippen LogP contribution in [0.3, 0.4) is 0 Å². The minimum absolute atomic E-state index is 0.267. The molecule has 0 atom stereocenters. The zero-order chi connectivity index (χ0) is 11.4. The van der Waals surface area contributed by atoms with Crippen molar-refractivity contribution in [2.75, 3.05) is 6.54 Å². The van der Waals surface area contributed by atoms with Crippen molar-refractivity contribution in [1.82, 2.24) is 5.32 Å². The normalized spacial score (nSPS) is 10.1.